The standard InChI is InChI=1S/C9H14O2S/c1-7(5-8(11)6-10)9-3-2-4-12-9/h2-4,7-8,10-11H,5-6H2,1H3. The molecule has 0 aliphatic carbocycles. The largest absolute Gasteiger partial charge is 0.394 e. The Balaban J connectivity index is 2.44. The molecule has 1 aromatic heterocycles. The molecule has 0 aromatic carbocycles. The van der Waals surface area contributed by atoms with Crippen molar-refractivity contribution >= 4 is 11.3 Å². The number of hydrogen-bond donors (Lipinski definition) is 2. The zero-order valence-electron chi connectivity index (χ0n) is 7.10. The lowest BCUT2D eigenvalue weighted by atomic mass is 10.0. The lowest BCUT2D eigenvalue weighted by Gasteiger charge is -2.12. The van der Waals surface area contributed by atoms with Gasteiger partial charge in [-0.1, -0.05) is 13.0 Å². The van der Waals surface area contributed by atoms with Gasteiger partial charge in [0.25, 0.3) is 0 Å². The van der Waals surface area contributed by atoms with Crippen LogP contribution in [0, 0.1) is 0 Å². The predicted molar refractivity (Wildman–Crippen MR) is 50.4 cm³/mol. The van der Waals surface area contributed by atoms with E-state index in [2.05, 4.69) is 13.0 Å². The Hall–Kier alpha value is -0.380. The van der Waals surface area contributed by atoms with E-state index < -0.39 is 6.10 Å². The Morgan fingerprint density at radius 3 is 2.83 bits per heavy atom. The van der Waals surface area contributed by atoms with Crippen molar-refractivity contribution in [2.75, 3.05) is 6.61 Å². The molecule has 12 heavy (non-hydrogen) atoms. The molecule has 2 atom stereocenters. The van der Waals surface area contributed by atoms with Gasteiger partial charge in [0, 0.05) is 4.88 Å². The van der Waals surface area contributed by atoms with Crippen LogP contribution in [0.15, 0.2) is 17.5 Å². The summed E-state index contributed by atoms with van der Waals surface area (Å²) in [7, 11) is 0. The van der Waals surface area contributed by atoms with Crippen LogP contribution >= 0.6 is 11.3 Å². The maximum atomic E-state index is 9.18. The molecule has 2 N–H and O–H groups in total. The summed E-state index contributed by atoms with van der Waals surface area (Å²) in [5, 5.41) is 19.8. The summed E-state index contributed by atoms with van der Waals surface area (Å²) in [4.78, 5) is 1.27. The maximum absolute atomic E-state index is 9.18. The Morgan fingerprint density at radius 2 is 2.33 bits per heavy atom. The predicted octanol–water partition coefficient (Wildman–Crippen LogP) is 1.59. The molecule has 0 saturated carbocycles. The molecule has 2 unspecified atom stereocenters. The molecule has 0 fully saturated rings. The first-order valence-electron chi connectivity index (χ1n) is 4.06. The van der Waals surface area contributed by atoms with Crippen molar-refractivity contribution in [2.24, 2.45) is 0 Å². The van der Waals surface area contributed by atoms with Crippen LogP contribution in [0.25, 0.3) is 0 Å². The zero-order valence-corrected chi connectivity index (χ0v) is 7.92. The molecule has 1 rings (SSSR count). The van der Waals surface area contributed by atoms with Gasteiger partial charge in [-0.05, 0) is 23.8 Å². The van der Waals surface area contributed by atoms with E-state index in [0.717, 1.165) is 0 Å². The highest BCUT2D eigenvalue weighted by Crippen LogP contribution is 2.24. The Kier molecular flexibility index (Phi) is 3.72. The molecule has 0 spiro atoms. The molecule has 0 saturated heterocycles. The van der Waals surface area contributed by atoms with Crippen LogP contribution in [0.1, 0.15) is 24.1 Å². The van der Waals surface area contributed by atoms with E-state index in [9.17, 15) is 5.11 Å². The van der Waals surface area contributed by atoms with Crippen LogP contribution in [0.5, 0.6) is 0 Å². The fourth-order valence-electron chi connectivity index (χ4n) is 1.17. The summed E-state index contributed by atoms with van der Waals surface area (Å²) in [5.74, 6) is 0.340. The first-order valence-corrected chi connectivity index (χ1v) is 4.94. The van der Waals surface area contributed by atoms with Crippen molar-refractivity contribution in [1.82, 2.24) is 0 Å². The van der Waals surface area contributed by atoms with Gasteiger partial charge < -0.3 is 10.2 Å². The third-order valence-corrected chi connectivity index (χ3v) is 2.97. The third kappa shape index (κ3) is 2.59. The second kappa shape index (κ2) is 4.60. The average molecular weight is 186 g/mol. The van der Waals surface area contributed by atoms with E-state index in [0.29, 0.717) is 12.3 Å². The quantitative estimate of drug-likeness (QED) is 0.749. The maximum Gasteiger partial charge on any atom is 0.0776 e. The SMILES string of the molecule is CC(CC(O)CO)c1cccs1. The summed E-state index contributed by atoms with van der Waals surface area (Å²) in [5.41, 5.74) is 0. The molecule has 1 heterocycles. The van der Waals surface area contributed by atoms with Crippen LogP contribution in [0.3, 0.4) is 0 Å². The fraction of sp³-hybridized carbons (Fsp3) is 0.556. The topological polar surface area (TPSA) is 40.5 Å². The molecule has 0 bridgehead atoms. The van der Waals surface area contributed by atoms with Gasteiger partial charge in [-0.3, -0.25) is 0 Å². The number of aliphatic hydroxyl groups is 2. The third-order valence-electron chi connectivity index (χ3n) is 1.87. The average Bonchev–Trinajstić information content (AvgIpc) is 2.56. The van der Waals surface area contributed by atoms with E-state index in [-0.39, 0.29) is 6.61 Å². The number of hydrogen-bond acceptors (Lipinski definition) is 3. The monoisotopic (exact) mass is 186 g/mol. The van der Waals surface area contributed by atoms with Crippen LogP contribution in [-0.2, 0) is 0 Å². The first kappa shape index (κ1) is 9.71. The Bertz CT molecular complexity index is 208. The van der Waals surface area contributed by atoms with Gasteiger partial charge in [0.2, 0.25) is 0 Å². The van der Waals surface area contributed by atoms with Crippen molar-refractivity contribution in [3.8, 4) is 0 Å². The first-order chi connectivity index (χ1) is 5.74. The summed E-state index contributed by atoms with van der Waals surface area (Å²) < 4.78 is 0. The van der Waals surface area contributed by atoms with Crippen molar-refractivity contribution in [3.63, 3.8) is 0 Å². The second-order valence-corrected chi connectivity index (χ2v) is 3.97. The summed E-state index contributed by atoms with van der Waals surface area (Å²) in [6.45, 7) is 1.92. The molecule has 0 aliphatic rings. The molecule has 0 radical (unpaired) electrons. The Labute approximate surface area is 76.5 Å². The molecule has 1 aromatic rings. The van der Waals surface area contributed by atoms with Crippen molar-refractivity contribution in [1.29, 1.82) is 0 Å². The van der Waals surface area contributed by atoms with Crippen LogP contribution < -0.4 is 0 Å². The van der Waals surface area contributed by atoms with Gasteiger partial charge in [-0.25, -0.2) is 0 Å². The molecule has 0 amide bonds. The van der Waals surface area contributed by atoms with Crippen LogP contribution in [0.2, 0.25) is 0 Å². The van der Waals surface area contributed by atoms with Gasteiger partial charge in [0.05, 0.1) is 12.7 Å². The minimum absolute atomic E-state index is 0.143. The second-order valence-electron chi connectivity index (χ2n) is 2.99. The van der Waals surface area contributed by atoms with Crippen LogP contribution in [0.4, 0.5) is 0 Å². The van der Waals surface area contributed by atoms with Gasteiger partial charge in [-0.2, -0.15) is 0 Å². The van der Waals surface area contributed by atoms with Gasteiger partial charge in [-0.15, -0.1) is 11.3 Å². The van der Waals surface area contributed by atoms with E-state index in [4.69, 9.17) is 5.11 Å². The smallest absolute Gasteiger partial charge is 0.0776 e. The molecule has 3 heteroatoms. The van der Waals surface area contributed by atoms with Gasteiger partial charge in [0.15, 0.2) is 0 Å². The van der Waals surface area contributed by atoms with E-state index in [1.807, 2.05) is 11.4 Å². The molecular weight excluding hydrogens is 172 g/mol. The zero-order chi connectivity index (χ0) is 8.97. The minimum atomic E-state index is -0.581. The van der Waals surface area contributed by atoms with Crippen molar-refractivity contribution < 1.29 is 10.2 Å². The number of rotatable bonds is 4. The fourth-order valence-corrected chi connectivity index (χ4v) is 1.97. The van der Waals surface area contributed by atoms with E-state index in [1.54, 1.807) is 11.3 Å². The highest BCUT2D eigenvalue weighted by molar-refractivity contribution is 7.10. The molecular formula is C9H14O2S. The Morgan fingerprint density at radius 1 is 1.58 bits per heavy atom. The van der Waals surface area contributed by atoms with Crippen molar-refractivity contribution in [3.05, 3.63) is 22.4 Å². The minimum Gasteiger partial charge on any atom is -0.394 e. The summed E-state index contributed by atoms with van der Waals surface area (Å²) in [6.07, 6.45) is 0.0545. The van der Waals surface area contributed by atoms with E-state index >= 15 is 0 Å². The summed E-state index contributed by atoms with van der Waals surface area (Å²) >= 11 is 1.69. The lowest BCUT2D eigenvalue weighted by molar-refractivity contribution is 0.0838. The summed E-state index contributed by atoms with van der Waals surface area (Å²) in [6, 6.07) is 4.06. The number of aliphatic hydroxyl groups excluding tert-OH is 2. The normalized spacial score (nSPS) is 15.9. The number of thiophene rings is 1. The lowest BCUT2D eigenvalue weighted by Crippen LogP contribution is -2.14. The molecule has 68 valence electrons. The van der Waals surface area contributed by atoms with Gasteiger partial charge in [0.1, 0.15) is 0 Å². The van der Waals surface area contributed by atoms with E-state index in [1.165, 1.54) is 4.88 Å². The van der Waals surface area contributed by atoms with Crippen molar-refractivity contribution in [2.45, 2.75) is 25.4 Å². The molecule has 2 nitrogen and oxygen atoms in total. The van der Waals surface area contributed by atoms with Crippen LogP contribution in [-0.4, -0.2) is 22.9 Å². The highest BCUT2D eigenvalue weighted by Gasteiger charge is 2.11. The van der Waals surface area contributed by atoms with Gasteiger partial charge >= 0.3 is 0 Å². The highest BCUT2D eigenvalue weighted by atomic mass is 32.1. The molecule has 0 aliphatic heterocycles.